The highest BCUT2D eigenvalue weighted by Gasteiger charge is 2.01. The molecule has 1 nitrogen and oxygen atoms in total. The summed E-state index contributed by atoms with van der Waals surface area (Å²) < 4.78 is 0. The van der Waals surface area contributed by atoms with Gasteiger partial charge in [-0.3, -0.25) is 0 Å². The van der Waals surface area contributed by atoms with Gasteiger partial charge in [-0.1, -0.05) is 35.3 Å². The first-order valence-corrected chi connectivity index (χ1v) is 7.06. The molecule has 2 aromatic rings. The summed E-state index contributed by atoms with van der Waals surface area (Å²) >= 11 is 13.7. The first-order chi connectivity index (χ1) is 8.25. The van der Waals surface area contributed by atoms with Crippen molar-refractivity contribution in [3.05, 3.63) is 56.2 Å². The minimum atomic E-state index is 0. The number of halogens is 3. The van der Waals surface area contributed by atoms with Crippen LogP contribution in [0.15, 0.2) is 35.7 Å². The maximum absolute atomic E-state index is 6.10. The van der Waals surface area contributed by atoms with E-state index in [1.165, 1.54) is 4.88 Å². The average Bonchev–Trinajstić information content (AvgIpc) is 2.79. The topological polar surface area (TPSA) is 12.0 Å². The Morgan fingerprint density at radius 2 is 2.00 bits per heavy atom. The van der Waals surface area contributed by atoms with Crippen LogP contribution in [0.3, 0.4) is 0 Å². The summed E-state index contributed by atoms with van der Waals surface area (Å²) in [5, 5.41) is 6.92. The minimum Gasteiger partial charge on any atom is -0.312 e. The van der Waals surface area contributed by atoms with E-state index in [1.54, 1.807) is 17.4 Å². The van der Waals surface area contributed by atoms with E-state index >= 15 is 0 Å². The van der Waals surface area contributed by atoms with Crippen LogP contribution in [0.5, 0.6) is 0 Å². The molecule has 18 heavy (non-hydrogen) atoms. The Labute approximate surface area is 128 Å². The maximum atomic E-state index is 6.10. The van der Waals surface area contributed by atoms with Crippen LogP contribution in [0.25, 0.3) is 0 Å². The van der Waals surface area contributed by atoms with Crippen LogP contribution in [0, 0.1) is 0 Å². The Hall–Kier alpha value is -0.250. The Morgan fingerprint density at radius 3 is 2.67 bits per heavy atom. The van der Waals surface area contributed by atoms with E-state index in [9.17, 15) is 0 Å². The second-order valence-corrected chi connectivity index (χ2v) is 5.62. The van der Waals surface area contributed by atoms with Gasteiger partial charge in [-0.05, 0) is 42.1 Å². The van der Waals surface area contributed by atoms with Crippen molar-refractivity contribution in [2.75, 3.05) is 6.54 Å². The van der Waals surface area contributed by atoms with Crippen LogP contribution in [0.4, 0.5) is 0 Å². The number of nitrogens with one attached hydrogen (secondary N) is 1. The van der Waals surface area contributed by atoms with Crippen LogP contribution in [-0.2, 0) is 13.0 Å². The third kappa shape index (κ3) is 4.79. The van der Waals surface area contributed by atoms with Crippen molar-refractivity contribution < 1.29 is 0 Å². The molecule has 0 saturated carbocycles. The monoisotopic (exact) mass is 321 g/mol. The van der Waals surface area contributed by atoms with Gasteiger partial charge in [-0.15, -0.1) is 23.7 Å². The highest BCUT2D eigenvalue weighted by Crippen LogP contribution is 2.21. The molecule has 1 N–H and O–H groups in total. The maximum Gasteiger partial charge on any atom is 0.0453 e. The molecule has 0 amide bonds. The molecule has 0 aliphatic rings. The molecule has 0 atom stereocenters. The first-order valence-electron chi connectivity index (χ1n) is 5.43. The second-order valence-electron chi connectivity index (χ2n) is 3.74. The van der Waals surface area contributed by atoms with Crippen molar-refractivity contribution in [1.82, 2.24) is 5.32 Å². The quantitative estimate of drug-likeness (QED) is 0.779. The van der Waals surface area contributed by atoms with Crippen molar-refractivity contribution in [1.29, 1.82) is 0 Å². The van der Waals surface area contributed by atoms with E-state index < -0.39 is 0 Å². The summed E-state index contributed by atoms with van der Waals surface area (Å²) in [5.41, 5.74) is 1.13. The fraction of sp³-hybridized carbons (Fsp3) is 0.231. The lowest BCUT2D eigenvalue weighted by Crippen LogP contribution is -2.16. The largest absolute Gasteiger partial charge is 0.312 e. The number of rotatable bonds is 5. The summed E-state index contributed by atoms with van der Waals surface area (Å²) in [7, 11) is 0. The van der Waals surface area contributed by atoms with Gasteiger partial charge >= 0.3 is 0 Å². The van der Waals surface area contributed by atoms with E-state index in [-0.39, 0.29) is 12.4 Å². The minimum absolute atomic E-state index is 0. The molecular formula is C13H14Cl3NS. The molecule has 0 fully saturated rings. The number of hydrogen-bond acceptors (Lipinski definition) is 2. The van der Waals surface area contributed by atoms with Gasteiger partial charge in [-0.25, -0.2) is 0 Å². The van der Waals surface area contributed by atoms with Crippen LogP contribution < -0.4 is 5.32 Å². The third-order valence-electron chi connectivity index (χ3n) is 2.47. The van der Waals surface area contributed by atoms with Gasteiger partial charge in [-0.2, -0.15) is 0 Å². The molecule has 1 aromatic carbocycles. The zero-order valence-corrected chi connectivity index (χ0v) is 12.8. The van der Waals surface area contributed by atoms with Crippen LogP contribution >= 0.6 is 46.9 Å². The fourth-order valence-corrected chi connectivity index (χ4v) is 2.75. The Morgan fingerprint density at radius 1 is 1.17 bits per heavy atom. The van der Waals surface area contributed by atoms with Crippen molar-refractivity contribution in [2.24, 2.45) is 0 Å². The lowest BCUT2D eigenvalue weighted by atomic mass is 10.1. The molecule has 0 radical (unpaired) electrons. The van der Waals surface area contributed by atoms with Crippen molar-refractivity contribution >= 4 is 46.9 Å². The summed E-state index contributed by atoms with van der Waals surface area (Å²) in [4.78, 5) is 1.35. The van der Waals surface area contributed by atoms with E-state index in [4.69, 9.17) is 23.2 Å². The molecule has 0 unspecified atom stereocenters. The first kappa shape index (κ1) is 15.8. The molecule has 0 bridgehead atoms. The predicted molar refractivity (Wildman–Crippen MR) is 83.4 cm³/mol. The van der Waals surface area contributed by atoms with E-state index in [0.29, 0.717) is 5.02 Å². The van der Waals surface area contributed by atoms with Gasteiger partial charge in [0.2, 0.25) is 0 Å². The molecule has 0 aliphatic carbocycles. The Kier molecular flexibility index (Phi) is 7.05. The van der Waals surface area contributed by atoms with E-state index in [0.717, 1.165) is 30.1 Å². The van der Waals surface area contributed by atoms with Crippen LogP contribution in [-0.4, -0.2) is 6.54 Å². The zero-order valence-electron chi connectivity index (χ0n) is 9.66. The zero-order chi connectivity index (χ0) is 12.1. The van der Waals surface area contributed by atoms with Crippen LogP contribution in [0.2, 0.25) is 10.0 Å². The van der Waals surface area contributed by atoms with Crippen LogP contribution in [0.1, 0.15) is 10.4 Å². The fourth-order valence-electron chi connectivity index (χ4n) is 1.57. The SMILES string of the molecule is Cl.Clc1ccc(CCNCc2cccs2)c(Cl)c1. The Balaban J connectivity index is 0.00000162. The molecule has 1 heterocycles. The third-order valence-corrected chi connectivity index (χ3v) is 3.93. The molecule has 98 valence electrons. The molecule has 0 saturated heterocycles. The van der Waals surface area contributed by atoms with Crippen molar-refractivity contribution in [3.8, 4) is 0 Å². The standard InChI is InChI=1S/C13H13Cl2NS.ClH/c14-11-4-3-10(13(15)8-11)5-6-16-9-12-2-1-7-17-12;/h1-4,7-8,16H,5-6,9H2;1H. The lowest BCUT2D eigenvalue weighted by molar-refractivity contribution is 0.694. The van der Waals surface area contributed by atoms with Crippen molar-refractivity contribution in [3.63, 3.8) is 0 Å². The summed E-state index contributed by atoms with van der Waals surface area (Å²) in [6.07, 6.45) is 0.918. The Bertz CT molecular complexity index is 471. The molecule has 0 spiro atoms. The second kappa shape index (κ2) is 8.03. The molecule has 2 rings (SSSR count). The van der Waals surface area contributed by atoms with Crippen molar-refractivity contribution in [2.45, 2.75) is 13.0 Å². The predicted octanol–water partition coefficient (Wildman–Crippen LogP) is 4.81. The van der Waals surface area contributed by atoms with Gasteiger partial charge in [0, 0.05) is 21.5 Å². The van der Waals surface area contributed by atoms with E-state index in [1.807, 2.05) is 12.1 Å². The molecular weight excluding hydrogens is 309 g/mol. The number of thiophene rings is 1. The number of hydrogen-bond donors (Lipinski definition) is 1. The smallest absolute Gasteiger partial charge is 0.0453 e. The highest BCUT2D eigenvalue weighted by molar-refractivity contribution is 7.09. The van der Waals surface area contributed by atoms with Gasteiger partial charge < -0.3 is 5.32 Å². The highest BCUT2D eigenvalue weighted by atomic mass is 35.5. The molecule has 0 aliphatic heterocycles. The number of benzene rings is 1. The van der Waals surface area contributed by atoms with Gasteiger partial charge in [0.15, 0.2) is 0 Å². The molecule has 1 aromatic heterocycles. The van der Waals surface area contributed by atoms with Gasteiger partial charge in [0.25, 0.3) is 0 Å². The summed E-state index contributed by atoms with van der Waals surface area (Å²) in [5.74, 6) is 0. The van der Waals surface area contributed by atoms with E-state index in [2.05, 4.69) is 22.8 Å². The molecule has 5 heteroatoms. The normalized spacial score (nSPS) is 10.1. The average molecular weight is 323 g/mol. The van der Waals surface area contributed by atoms with Gasteiger partial charge in [0.05, 0.1) is 0 Å². The van der Waals surface area contributed by atoms with Gasteiger partial charge in [0.1, 0.15) is 0 Å². The lowest BCUT2D eigenvalue weighted by Gasteiger charge is -2.06. The summed E-state index contributed by atoms with van der Waals surface area (Å²) in [6, 6.07) is 9.85. The summed E-state index contributed by atoms with van der Waals surface area (Å²) in [6.45, 7) is 1.84.